The molecule has 0 saturated carbocycles. The molecule has 1 amide bonds. The van der Waals surface area contributed by atoms with Crippen LogP contribution in [-0.2, 0) is 0 Å². The molecular formula is C12H12N4O. The number of rotatable bonds is 2. The van der Waals surface area contributed by atoms with Crippen molar-refractivity contribution in [3.05, 3.63) is 47.9 Å². The van der Waals surface area contributed by atoms with Crippen molar-refractivity contribution in [3.8, 4) is 0 Å². The molecule has 0 atom stereocenters. The summed E-state index contributed by atoms with van der Waals surface area (Å²) in [4.78, 5) is 19.9. The SMILES string of the molecule is Cc1cccnc1NC(=O)c1cnccc1N. The Morgan fingerprint density at radius 2 is 2.18 bits per heavy atom. The summed E-state index contributed by atoms with van der Waals surface area (Å²) in [6, 6.07) is 5.26. The van der Waals surface area contributed by atoms with Crippen molar-refractivity contribution in [3.63, 3.8) is 0 Å². The lowest BCUT2D eigenvalue weighted by Gasteiger charge is -2.07. The Bertz CT molecular complexity index is 554. The summed E-state index contributed by atoms with van der Waals surface area (Å²) in [5, 5.41) is 2.70. The average molecular weight is 228 g/mol. The Morgan fingerprint density at radius 3 is 2.88 bits per heavy atom. The van der Waals surface area contributed by atoms with E-state index in [9.17, 15) is 4.79 Å². The summed E-state index contributed by atoms with van der Waals surface area (Å²) in [6.45, 7) is 1.87. The number of nitrogens with two attached hydrogens (primary N) is 1. The molecule has 5 nitrogen and oxygen atoms in total. The van der Waals surface area contributed by atoms with E-state index in [1.54, 1.807) is 12.3 Å². The van der Waals surface area contributed by atoms with Crippen LogP contribution in [0.4, 0.5) is 11.5 Å². The van der Waals surface area contributed by atoms with E-state index >= 15 is 0 Å². The first-order valence-electron chi connectivity index (χ1n) is 5.11. The number of hydrogen-bond acceptors (Lipinski definition) is 4. The molecule has 2 aromatic rings. The molecule has 0 fully saturated rings. The zero-order chi connectivity index (χ0) is 12.3. The largest absolute Gasteiger partial charge is 0.398 e. The Balaban J connectivity index is 2.24. The topological polar surface area (TPSA) is 80.9 Å². The fourth-order valence-corrected chi connectivity index (χ4v) is 1.39. The minimum atomic E-state index is -0.308. The van der Waals surface area contributed by atoms with E-state index in [2.05, 4.69) is 15.3 Å². The molecule has 17 heavy (non-hydrogen) atoms. The highest BCUT2D eigenvalue weighted by molar-refractivity contribution is 6.07. The van der Waals surface area contributed by atoms with E-state index < -0.39 is 0 Å². The Kier molecular flexibility index (Phi) is 3.00. The van der Waals surface area contributed by atoms with Crippen molar-refractivity contribution < 1.29 is 4.79 Å². The van der Waals surface area contributed by atoms with Crippen LogP contribution in [0.5, 0.6) is 0 Å². The number of aryl methyl sites for hydroxylation is 1. The van der Waals surface area contributed by atoms with Crippen molar-refractivity contribution in [1.29, 1.82) is 0 Å². The zero-order valence-electron chi connectivity index (χ0n) is 9.34. The van der Waals surface area contributed by atoms with E-state index in [-0.39, 0.29) is 5.91 Å². The standard InChI is InChI=1S/C12H12N4O/c1-8-3-2-5-15-11(8)16-12(17)9-7-14-6-4-10(9)13/h2-7H,1H3,(H2,13,14)(H,15,16,17). The van der Waals surface area contributed by atoms with Crippen LogP contribution in [0.1, 0.15) is 15.9 Å². The van der Waals surface area contributed by atoms with Gasteiger partial charge in [0, 0.05) is 24.3 Å². The number of pyridine rings is 2. The quantitative estimate of drug-likeness (QED) is 0.818. The second-order valence-corrected chi connectivity index (χ2v) is 3.59. The monoisotopic (exact) mass is 228 g/mol. The van der Waals surface area contributed by atoms with Gasteiger partial charge >= 0.3 is 0 Å². The molecule has 5 heteroatoms. The second kappa shape index (κ2) is 4.61. The molecule has 2 aromatic heterocycles. The number of aromatic nitrogens is 2. The third kappa shape index (κ3) is 2.39. The van der Waals surface area contributed by atoms with Gasteiger partial charge in [-0.25, -0.2) is 4.98 Å². The number of carbonyl (C=O) groups is 1. The third-order valence-electron chi connectivity index (χ3n) is 2.34. The number of carbonyl (C=O) groups excluding carboxylic acids is 1. The van der Waals surface area contributed by atoms with Gasteiger partial charge < -0.3 is 11.1 Å². The number of amides is 1. The van der Waals surface area contributed by atoms with Crippen LogP contribution in [-0.4, -0.2) is 15.9 Å². The summed E-state index contributed by atoms with van der Waals surface area (Å²) in [5.74, 6) is 0.221. The highest BCUT2D eigenvalue weighted by atomic mass is 16.1. The maximum Gasteiger partial charge on any atom is 0.260 e. The number of nitrogens with one attached hydrogen (secondary N) is 1. The van der Waals surface area contributed by atoms with Crippen LogP contribution in [0.15, 0.2) is 36.8 Å². The smallest absolute Gasteiger partial charge is 0.260 e. The van der Waals surface area contributed by atoms with E-state index in [0.717, 1.165) is 5.56 Å². The summed E-state index contributed by atoms with van der Waals surface area (Å²) in [7, 11) is 0. The number of hydrogen-bond donors (Lipinski definition) is 2. The van der Waals surface area contributed by atoms with Crippen molar-refractivity contribution in [2.45, 2.75) is 6.92 Å². The number of nitrogens with zero attached hydrogens (tertiary/aromatic N) is 2. The highest BCUT2D eigenvalue weighted by Crippen LogP contribution is 2.14. The van der Waals surface area contributed by atoms with Crippen molar-refractivity contribution in [1.82, 2.24) is 9.97 Å². The molecule has 0 aliphatic rings. The lowest BCUT2D eigenvalue weighted by atomic mass is 10.2. The van der Waals surface area contributed by atoms with Gasteiger partial charge in [-0.05, 0) is 24.6 Å². The number of nitrogen functional groups attached to an aromatic ring is 1. The Morgan fingerprint density at radius 1 is 1.35 bits per heavy atom. The van der Waals surface area contributed by atoms with Crippen molar-refractivity contribution >= 4 is 17.4 Å². The number of anilines is 2. The normalized spacial score (nSPS) is 9.94. The first kappa shape index (κ1) is 11.1. The third-order valence-corrected chi connectivity index (χ3v) is 2.34. The zero-order valence-corrected chi connectivity index (χ0v) is 9.34. The van der Waals surface area contributed by atoms with Gasteiger partial charge in [0.2, 0.25) is 0 Å². The fourth-order valence-electron chi connectivity index (χ4n) is 1.39. The minimum Gasteiger partial charge on any atom is -0.398 e. The molecule has 2 rings (SSSR count). The first-order valence-corrected chi connectivity index (χ1v) is 5.11. The molecule has 0 radical (unpaired) electrons. The van der Waals surface area contributed by atoms with Gasteiger partial charge in [-0.3, -0.25) is 9.78 Å². The predicted octanol–water partition coefficient (Wildman–Crippen LogP) is 1.62. The molecule has 86 valence electrons. The summed E-state index contributed by atoms with van der Waals surface area (Å²) in [5.41, 5.74) is 7.32. The van der Waals surface area contributed by atoms with Gasteiger partial charge in [-0.2, -0.15) is 0 Å². The van der Waals surface area contributed by atoms with Gasteiger partial charge in [0.15, 0.2) is 0 Å². The van der Waals surface area contributed by atoms with Crippen LogP contribution < -0.4 is 11.1 Å². The molecular weight excluding hydrogens is 216 g/mol. The molecule has 0 saturated heterocycles. The van der Waals surface area contributed by atoms with E-state index in [4.69, 9.17) is 5.73 Å². The van der Waals surface area contributed by atoms with Crippen molar-refractivity contribution in [2.75, 3.05) is 11.1 Å². The minimum absolute atomic E-state index is 0.308. The highest BCUT2D eigenvalue weighted by Gasteiger charge is 2.11. The van der Waals surface area contributed by atoms with E-state index in [1.165, 1.54) is 12.4 Å². The molecule has 0 bridgehead atoms. The first-order chi connectivity index (χ1) is 8.18. The van der Waals surface area contributed by atoms with Crippen LogP contribution in [0.2, 0.25) is 0 Å². The Labute approximate surface area is 98.7 Å². The van der Waals surface area contributed by atoms with Gasteiger partial charge in [-0.1, -0.05) is 6.07 Å². The maximum atomic E-state index is 11.9. The van der Waals surface area contributed by atoms with Crippen LogP contribution >= 0.6 is 0 Å². The van der Waals surface area contributed by atoms with Crippen molar-refractivity contribution in [2.24, 2.45) is 0 Å². The van der Waals surface area contributed by atoms with E-state index in [0.29, 0.717) is 17.1 Å². The van der Waals surface area contributed by atoms with Gasteiger partial charge in [0.25, 0.3) is 5.91 Å². The fraction of sp³-hybridized carbons (Fsp3) is 0.0833. The summed E-state index contributed by atoms with van der Waals surface area (Å²) < 4.78 is 0. The van der Waals surface area contributed by atoms with E-state index in [1.807, 2.05) is 19.1 Å². The van der Waals surface area contributed by atoms with Gasteiger partial charge in [-0.15, -0.1) is 0 Å². The van der Waals surface area contributed by atoms with Gasteiger partial charge in [0.1, 0.15) is 5.82 Å². The molecule has 2 heterocycles. The molecule has 0 aliphatic carbocycles. The molecule has 0 aromatic carbocycles. The summed E-state index contributed by atoms with van der Waals surface area (Å²) in [6.07, 6.45) is 4.59. The lowest BCUT2D eigenvalue weighted by Crippen LogP contribution is -2.15. The summed E-state index contributed by atoms with van der Waals surface area (Å²) >= 11 is 0. The van der Waals surface area contributed by atoms with Crippen LogP contribution in [0, 0.1) is 6.92 Å². The maximum absolute atomic E-state index is 11.9. The average Bonchev–Trinajstić information content (AvgIpc) is 2.32. The molecule has 0 unspecified atom stereocenters. The van der Waals surface area contributed by atoms with Crippen LogP contribution in [0.25, 0.3) is 0 Å². The Hall–Kier alpha value is -2.43. The lowest BCUT2D eigenvalue weighted by molar-refractivity contribution is 0.102. The van der Waals surface area contributed by atoms with Gasteiger partial charge in [0.05, 0.1) is 5.56 Å². The predicted molar refractivity (Wildman–Crippen MR) is 65.6 cm³/mol. The molecule has 0 aliphatic heterocycles. The molecule has 0 spiro atoms. The molecule has 3 N–H and O–H groups in total. The second-order valence-electron chi connectivity index (χ2n) is 3.59. The van der Waals surface area contributed by atoms with Crippen LogP contribution in [0.3, 0.4) is 0 Å².